The summed E-state index contributed by atoms with van der Waals surface area (Å²) >= 11 is 0.149. The number of carbonyl (C=O) groups excluding carboxylic acids is 2. The second-order valence-corrected chi connectivity index (χ2v) is 11.8. The van der Waals surface area contributed by atoms with Gasteiger partial charge in [-0.25, -0.2) is 0 Å². The molecular weight excluding hydrogens is 527 g/mol. The number of aliphatic carboxylic acids is 2. The topological polar surface area (TPSA) is 121 Å². The van der Waals surface area contributed by atoms with E-state index in [0.29, 0.717) is 12.8 Å². The first kappa shape index (κ1) is 30.8. The molecule has 33 heavy (non-hydrogen) atoms. The van der Waals surface area contributed by atoms with Crippen LogP contribution in [-0.4, -0.2) is 43.3 Å². The molecule has 2 N–H and O–H groups in total. The van der Waals surface area contributed by atoms with Gasteiger partial charge in [0.15, 0.2) is 0 Å². The Labute approximate surface area is 207 Å². The average Bonchev–Trinajstić information content (AvgIpc) is 2.79. The van der Waals surface area contributed by atoms with Crippen LogP contribution in [0.1, 0.15) is 63.5 Å². The molecule has 0 spiro atoms. The zero-order valence-corrected chi connectivity index (χ0v) is 22.6. The molecule has 0 atom stereocenters. The number of rotatable bonds is 12. The molecule has 7 heteroatoms. The molecule has 180 valence electrons. The van der Waals surface area contributed by atoms with Crippen LogP contribution in [0.25, 0.3) is 0 Å². The number of aryl methyl sites for hydroxylation is 2. The number of hydrogen-bond acceptors (Lipinski definition) is 6. The van der Waals surface area contributed by atoms with Gasteiger partial charge in [-0.05, 0) is 61.1 Å². The van der Waals surface area contributed by atoms with Crippen LogP contribution in [0.2, 0.25) is 8.87 Å². The number of carbonyl (C=O) groups is 2. The van der Waals surface area contributed by atoms with Crippen molar-refractivity contribution in [2.24, 2.45) is 0 Å². The maximum atomic E-state index is 10.1. The zero-order valence-electron chi connectivity index (χ0n) is 19.7. The molecule has 0 bridgehead atoms. The SMILES string of the molecule is CCC[CH2][Sn+2][CH2]CCC.O=C([O-])CCc1ccc(O)cc1.O=C([O-])CCc1ccc(O)cc1. The van der Waals surface area contributed by atoms with E-state index in [0.717, 1.165) is 11.1 Å². The molecule has 0 heterocycles. The predicted molar refractivity (Wildman–Crippen MR) is 128 cm³/mol. The van der Waals surface area contributed by atoms with Crippen molar-refractivity contribution in [1.29, 1.82) is 0 Å². The number of carboxylic acids is 2. The third-order valence-corrected chi connectivity index (χ3v) is 8.56. The fraction of sp³-hybridized carbons (Fsp3) is 0.462. The number of aromatic hydroxyl groups is 2. The maximum Gasteiger partial charge on any atom is 0.115 e. The maximum absolute atomic E-state index is 10.1. The van der Waals surface area contributed by atoms with Crippen LogP contribution in [0, 0.1) is 0 Å². The first-order chi connectivity index (χ1) is 15.8. The Kier molecular flexibility index (Phi) is 19.0. The monoisotopic (exact) mass is 564 g/mol. The van der Waals surface area contributed by atoms with E-state index < -0.39 is 11.9 Å². The first-order valence-corrected chi connectivity index (χ1v) is 15.5. The first-order valence-electron chi connectivity index (χ1n) is 11.4. The number of phenolic OH excluding ortho intramolecular Hbond substituents is 2. The summed E-state index contributed by atoms with van der Waals surface area (Å²) in [5.74, 6) is -1.73. The van der Waals surface area contributed by atoms with E-state index in [1.54, 1.807) is 33.1 Å². The van der Waals surface area contributed by atoms with E-state index in [1.807, 2.05) is 0 Å². The van der Waals surface area contributed by atoms with Gasteiger partial charge in [-0.3, -0.25) is 0 Å². The second-order valence-electron chi connectivity index (χ2n) is 7.53. The molecule has 6 nitrogen and oxygen atoms in total. The summed E-state index contributed by atoms with van der Waals surface area (Å²) in [6.45, 7) is 4.58. The molecule has 0 unspecified atom stereocenters. The van der Waals surface area contributed by atoms with Crippen molar-refractivity contribution in [2.45, 2.75) is 74.1 Å². The summed E-state index contributed by atoms with van der Waals surface area (Å²) in [4.78, 5) is 20.2. The molecule has 0 fully saturated rings. The molecule has 0 radical (unpaired) electrons. The molecule has 0 saturated carbocycles. The summed E-state index contributed by atoms with van der Waals surface area (Å²) in [5, 5.41) is 38.0. The van der Waals surface area contributed by atoms with Crippen LogP contribution in [0.15, 0.2) is 48.5 Å². The summed E-state index contributed by atoms with van der Waals surface area (Å²) < 4.78 is 3.25. The van der Waals surface area contributed by atoms with E-state index >= 15 is 0 Å². The zero-order chi connectivity index (χ0) is 24.9. The summed E-state index contributed by atoms with van der Waals surface area (Å²) in [7, 11) is 0. The number of phenols is 2. The largest absolute Gasteiger partial charge is 0.550 e. The minimum atomic E-state index is -1.05. The fourth-order valence-corrected chi connectivity index (χ4v) is 6.71. The molecule has 2 rings (SSSR count). The van der Waals surface area contributed by atoms with E-state index in [1.165, 1.54) is 49.9 Å². The summed E-state index contributed by atoms with van der Waals surface area (Å²) in [6, 6.07) is 12.9. The Balaban J connectivity index is 0.000000472. The van der Waals surface area contributed by atoms with Gasteiger partial charge in [-0.1, -0.05) is 24.3 Å². The molecule has 0 amide bonds. The minimum Gasteiger partial charge on any atom is -0.550 e. The van der Waals surface area contributed by atoms with Crippen molar-refractivity contribution >= 4 is 33.1 Å². The van der Waals surface area contributed by atoms with Crippen LogP contribution in [0.3, 0.4) is 0 Å². The molecule has 2 aromatic rings. The molecule has 0 aliphatic heterocycles. The van der Waals surface area contributed by atoms with Crippen molar-refractivity contribution in [3.05, 3.63) is 59.7 Å². The van der Waals surface area contributed by atoms with Gasteiger partial charge in [0.05, 0.1) is 0 Å². The normalized spacial score (nSPS) is 9.52. The molecule has 0 aliphatic rings. The average molecular weight is 563 g/mol. The van der Waals surface area contributed by atoms with E-state index in [2.05, 4.69) is 13.8 Å². The Hall–Kier alpha value is -2.22. The van der Waals surface area contributed by atoms with Gasteiger partial charge < -0.3 is 30.0 Å². The van der Waals surface area contributed by atoms with Crippen molar-refractivity contribution in [2.75, 3.05) is 0 Å². The second kappa shape index (κ2) is 20.4. The Bertz CT molecular complexity index is 694. The van der Waals surface area contributed by atoms with Crippen LogP contribution in [0.5, 0.6) is 11.5 Å². The van der Waals surface area contributed by atoms with Crippen LogP contribution < -0.4 is 10.2 Å². The summed E-state index contributed by atoms with van der Waals surface area (Å²) in [5.41, 5.74) is 1.77. The number of carboxylic acid groups (broad SMARTS) is 2. The Morgan fingerprint density at radius 2 is 1.03 bits per heavy atom. The standard InChI is InChI=1S/2C9H10O3.2C4H9.Sn/c2*10-8-4-1-7(2-5-8)3-6-9(11)12;2*1-3-4-2;/h2*1-2,4-5,10H,3,6H2,(H,11,12);2*1,3-4H2,2H3;/q;;;;+2/p-2. The Morgan fingerprint density at radius 1 is 0.697 bits per heavy atom. The number of unbranched alkanes of at least 4 members (excludes halogenated alkanes) is 2. The van der Waals surface area contributed by atoms with Crippen LogP contribution in [0.4, 0.5) is 0 Å². The van der Waals surface area contributed by atoms with Gasteiger partial charge in [-0.15, -0.1) is 0 Å². The van der Waals surface area contributed by atoms with Crippen molar-refractivity contribution < 1.29 is 30.0 Å². The van der Waals surface area contributed by atoms with Crippen LogP contribution in [-0.2, 0) is 22.4 Å². The van der Waals surface area contributed by atoms with E-state index in [9.17, 15) is 19.8 Å². The summed E-state index contributed by atoms with van der Waals surface area (Å²) in [6.07, 6.45) is 6.77. The third-order valence-electron chi connectivity index (χ3n) is 4.52. The van der Waals surface area contributed by atoms with Gasteiger partial charge >= 0.3 is 69.5 Å². The van der Waals surface area contributed by atoms with Gasteiger partial charge in [0.1, 0.15) is 11.5 Å². The molecule has 0 saturated heterocycles. The molecule has 0 aliphatic carbocycles. The van der Waals surface area contributed by atoms with Crippen LogP contribution >= 0.6 is 0 Å². The third kappa shape index (κ3) is 20.1. The fourth-order valence-electron chi connectivity index (χ4n) is 2.55. The van der Waals surface area contributed by atoms with E-state index in [-0.39, 0.29) is 45.5 Å². The molecule has 2 aromatic carbocycles. The van der Waals surface area contributed by atoms with Crippen molar-refractivity contribution in [3.63, 3.8) is 0 Å². The van der Waals surface area contributed by atoms with Gasteiger partial charge in [-0.2, -0.15) is 0 Å². The minimum absolute atomic E-state index is 0.0186. The quantitative estimate of drug-likeness (QED) is 0.302. The molecular formula is C26H36O6Sn. The predicted octanol–water partition coefficient (Wildman–Crippen LogP) is 3.28. The van der Waals surface area contributed by atoms with E-state index in [4.69, 9.17) is 10.2 Å². The number of hydrogen-bond donors (Lipinski definition) is 2. The van der Waals surface area contributed by atoms with Crippen molar-refractivity contribution in [1.82, 2.24) is 0 Å². The number of benzene rings is 2. The van der Waals surface area contributed by atoms with Gasteiger partial charge in [0, 0.05) is 11.9 Å². The smallest absolute Gasteiger partial charge is 0.115 e. The van der Waals surface area contributed by atoms with Crippen molar-refractivity contribution in [3.8, 4) is 11.5 Å². The van der Waals surface area contributed by atoms with Gasteiger partial charge in [0.2, 0.25) is 0 Å². The molecule has 0 aromatic heterocycles. The van der Waals surface area contributed by atoms with Gasteiger partial charge in [0.25, 0.3) is 0 Å². The Morgan fingerprint density at radius 3 is 1.30 bits per heavy atom.